The molecule has 1 amide bonds. The number of rotatable bonds is 5. The summed E-state index contributed by atoms with van der Waals surface area (Å²) in [5, 5.41) is 17.0. The Morgan fingerprint density at radius 1 is 1.40 bits per heavy atom. The van der Waals surface area contributed by atoms with Crippen LogP contribution in [-0.2, 0) is 4.79 Å². The Morgan fingerprint density at radius 2 is 1.93 bits per heavy atom. The second-order valence-electron chi connectivity index (χ2n) is 3.77. The minimum absolute atomic E-state index is 0.0379. The van der Waals surface area contributed by atoms with Crippen LogP contribution in [0.5, 0.6) is 0 Å². The molecule has 1 rings (SSSR count). The van der Waals surface area contributed by atoms with Crippen LogP contribution in [0.1, 0.15) is 19.3 Å². The van der Waals surface area contributed by atoms with Gasteiger partial charge in [0.1, 0.15) is 13.1 Å². The van der Waals surface area contributed by atoms with Crippen molar-refractivity contribution >= 4 is 5.91 Å². The summed E-state index contributed by atoms with van der Waals surface area (Å²) in [6.07, 6.45) is 2.42. The average molecular weight is 206 g/mol. The van der Waals surface area contributed by atoms with Crippen molar-refractivity contribution in [1.29, 1.82) is 10.5 Å². The van der Waals surface area contributed by atoms with Crippen molar-refractivity contribution in [2.75, 3.05) is 13.1 Å². The predicted molar refractivity (Wildman–Crippen MR) is 53.1 cm³/mol. The molecule has 1 unspecified atom stereocenters. The van der Waals surface area contributed by atoms with Gasteiger partial charge >= 0.3 is 0 Å². The maximum atomic E-state index is 11.6. The highest BCUT2D eigenvalue weighted by molar-refractivity contribution is 5.77. The molecule has 2 N–H and O–H groups in total. The second kappa shape index (κ2) is 5.33. The Hall–Kier alpha value is -1.59. The minimum Gasteiger partial charge on any atom is -0.327 e. The molecule has 1 saturated carbocycles. The molecule has 0 bridgehead atoms. The zero-order valence-electron chi connectivity index (χ0n) is 8.52. The number of hydrogen-bond acceptors (Lipinski definition) is 4. The van der Waals surface area contributed by atoms with Crippen LogP contribution in [-0.4, -0.2) is 29.9 Å². The molecule has 0 radical (unpaired) electrons. The number of nitriles is 2. The first kappa shape index (κ1) is 11.5. The van der Waals surface area contributed by atoms with Gasteiger partial charge in [0.05, 0.1) is 12.1 Å². The van der Waals surface area contributed by atoms with Gasteiger partial charge in [0.2, 0.25) is 5.91 Å². The summed E-state index contributed by atoms with van der Waals surface area (Å²) in [5.41, 5.74) is 5.80. The molecular weight excluding hydrogens is 192 g/mol. The van der Waals surface area contributed by atoms with Gasteiger partial charge in [-0.3, -0.25) is 4.79 Å². The lowest BCUT2D eigenvalue weighted by Gasteiger charge is -2.18. The van der Waals surface area contributed by atoms with Gasteiger partial charge in [-0.1, -0.05) is 0 Å². The topological polar surface area (TPSA) is 93.9 Å². The Kier molecular flexibility index (Phi) is 4.08. The monoisotopic (exact) mass is 206 g/mol. The van der Waals surface area contributed by atoms with Crippen molar-refractivity contribution in [3.8, 4) is 12.1 Å². The van der Waals surface area contributed by atoms with E-state index in [1.54, 1.807) is 0 Å². The van der Waals surface area contributed by atoms with Crippen LogP contribution in [0.15, 0.2) is 0 Å². The quantitative estimate of drug-likeness (QED) is 0.640. The van der Waals surface area contributed by atoms with Gasteiger partial charge in [0.15, 0.2) is 0 Å². The highest BCUT2D eigenvalue weighted by atomic mass is 16.2. The molecule has 5 nitrogen and oxygen atoms in total. The lowest BCUT2D eigenvalue weighted by atomic mass is 10.1. The molecule has 0 aliphatic heterocycles. The summed E-state index contributed by atoms with van der Waals surface area (Å²) in [7, 11) is 0. The van der Waals surface area contributed by atoms with Crippen molar-refractivity contribution in [3.05, 3.63) is 0 Å². The van der Waals surface area contributed by atoms with E-state index in [1.807, 2.05) is 12.1 Å². The highest BCUT2D eigenvalue weighted by Crippen LogP contribution is 2.32. The fourth-order valence-electron chi connectivity index (χ4n) is 1.42. The number of carbonyl (C=O) groups excluding carboxylic acids is 1. The van der Waals surface area contributed by atoms with E-state index in [2.05, 4.69) is 0 Å². The third-order valence-electron chi connectivity index (χ3n) is 2.51. The van der Waals surface area contributed by atoms with Crippen molar-refractivity contribution in [3.63, 3.8) is 0 Å². The molecule has 1 fully saturated rings. The normalized spacial score (nSPS) is 16.2. The van der Waals surface area contributed by atoms with Crippen LogP contribution in [0.2, 0.25) is 0 Å². The van der Waals surface area contributed by atoms with Gasteiger partial charge in [0, 0.05) is 12.5 Å². The predicted octanol–water partition coefficient (Wildman–Crippen LogP) is -0.0104. The van der Waals surface area contributed by atoms with Crippen molar-refractivity contribution in [2.24, 2.45) is 11.7 Å². The van der Waals surface area contributed by atoms with Crippen molar-refractivity contribution in [2.45, 2.75) is 25.3 Å². The number of nitrogens with zero attached hydrogens (tertiary/aromatic N) is 3. The smallest absolute Gasteiger partial charge is 0.225 e. The van der Waals surface area contributed by atoms with E-state index in [1.165, 1.54) is 4.90 Å². The molecule has 1 atom stereocenters. The summed E-state index contributed by atoms with van der Waals surface area (Å²) in [5.74, 6) is 0.262. The zero-order chi connectivity index (χ0) is 11.3. The fourth-order valence-corrected chi connectivity index (χ4v) is 1.42. The third-order valence-corrected chi connectivity index (χ3v) is 2.51. The van der Waals surface area contributed by atoms with Crippen LogP contribution in [0.4, 0.5) is 0 Å². The molecular formula is C10H14N4O. The van der Waals surface area contributed by atoms with Crippen LogP contribution >= 0.6 is 0 Å². The maximum Gasteiger partial charge on any atom is 0.225 e. The molecule has 0 saturated heterocycles. The van der Waals surface area contributed by atoms with E-state index in [0.29, 0.717) is 5.92 Å². The van der Waals surface area contributed by atoms with Gasteiger partial charge < -0.3 is 10.6 Å². The van der Waals surface area contributed by atoms with Gasteiger partial charge in [-0.05, 0) is 18.8 Å². The largest absolute Gasteiger partial charge is 0.327 e. The fraction of sp³-hybridized carbons (Fsp3) is 0.700. The molecule has 80 valence electrons. The average Bonchev–Trinajstić information content (AvgIpc) is 3.00. The van der Waals surface area contributed by atoms with Gasteiger partial charge in [-0.15, -0.1) is 0 Å². The van der Waals surface area contributed by atoms with E-state index >= 15 is 0 Å². The molecule has 1 aliphatic carbocycles. The SMILES string of the molecule is N#CCN(CC#N)C(=O)CC(N)C1CC1. The Bertz CT molecular complexity index is 294. The number of nitrogens with two attached hydrogens (primary N) is 1. The highest BCUT2D eigenvalue weighted by Gasteiger charge is 2.30. The van der Waals surface area contributed by atoms with Crippen LogP contribution < -0.4 is 5.73 Å². The summed E-state index contributed by atoms with van der Waals surface area (Å²) in [6, 6.07) is 3.62. The standard InChI is InChI=1S/C10H14N4O/c11-3-5-14(6-4-12)10(15)7-9(13)8-1-2-8/h8-9H,1-2,5-7,13H2. The Labute approximate surface area is 89.1 Å². The van der Waals surface area contributed by atoms with Gasteiger partial charge in [0.25, 0.3) is 0 Å². The van der Waals surface area contributed by atoms with E-state index in [9.17, 15) is 4.79 Å². The number of amides is 1. The summed E-state index contributed by atoms with van der Waals surface area (Å²) >= 11 is 0. The van der Waals surface area contributed by atoms with E-state index in [-0.39, 0.29) is 31.5 Å². The summed E-state index contributed by atoms with van der Waals surface area (Å²) in [6.45, 7) is -0.0758. The molecule has 0 aromatic carbocycles. The molecule has 1 aliphatic rings. The number of carbonyl (C=O) groups is 1. The van der Waals surface area contributed by atoms with E-state index in [0.717, 1.165) is 12.8 Å². The summed E-state index contributed by atoms with van der Waals surface area (Å²) < 4.78 is 0. The van der Waals surface area contributed by atoms with Crippen molar-refractivity contribution in [1.82, 2.24) is 4.90 Å². The number of hydrogen-bond donors (Lipinski definition) is 1. The molecule has 5 heteroatoms. The minimum atomic E-state index is -0.197. The molecule has 15 heavy (non-hydrogen) atoms. The zero-order valence-corrected chi connectivity index (χ0v) is 8.52. The molecule has 0 heterocycles. The first-order chi connectivity index (χ1) is 7.19. The van der Waals surface area contributed by atoms with Crippen LogP contribution in [0.25, 0.3) is 0 Å². The first-order valence-electron chi connectivity index (χ1n) is 4.96. The van der Waals surface area contributed by atoms with Crippen molar-refractivity contribution < 1.29 is 4.79 Å². The summed E-state index contributed by atoms with van der Waals surface area (Å²) in [4.78, 5) is 12.8. The van der Waals surface area contributed by atoms with Gasteiger partial charge in [-0.2, -0.15) is 10.5 Å². The first-order valence-corrected chi connectivity index (χ1v) is 4.96. The maximum absolute atomic E-state index is 11.6. The van der Waals surface area contributed by atoms with Crippen LogP contribution in [0.3, 0.4) is 0 Å². The van der Waals surface area contributed by atoms with Crippen LogP contribution in [0, 0.1) is 28.6 Å². The molecule has 0 aromatic rings. The Morgan fingerprint density at radius 3 is 2.33 bits per heavy atom. The lowest BCUT2D eigenvalue weighted by molar-refractivity contribution is -0.130. The van der Waals surface area contributed by atoms with E-state index < -0.39 is 0 Å². The third kappa shape index (κ3) is 3.57. The molecule has 0 aromatic heterocycles. The molecule has 0 spiro atoms. The van der Waals surface area contributed by atoms with E-state index in [4.69, 9.17) is 16.3 Å². The van der Waals surface area contributed by atoms with Gasteiger partial charge in [-0.25, -0.2) is 0 Å². The second-order valence-corrected chi connectivity index (χ2v) is 3.77. The Balaban J connectivity index is 2.41. The lowest BCUT2D eigenvalue weighted by Crippen LogP contribution is -2.37.